The van der Waals surface area contributed by atoms with E-state index in [9.17, 15) is 4.79 Å². The van der Waals surface area contributed by atoms with E-state index in [1.165, 1.54) is 0 Å². The summed E-state index contributed by atoms with van der Waals surface area (Å²) in [6.07, 6.45) is 4.35. The van der Waals surface area contributed by atoms with Crippen LogP contribution >= 0.6 is 0 Å². The molecule has 2 heterocycles. The number of carbonyl (C=O) groups excluding carboxylic acids is 1. The molecule has 0 aliphatic carbocycles. The third kappa shape index (κ3) is 3.67. The number of nitrogens with zero attached hydrogens (tertiary/aromatic N) is 2. The van der Waals surface area contributed by atoms with Crippen LogP contribution in [0.1, 0.15) is 25.7 Å². The largest absolute Gasteiger partial charge is 0.380 e. The van der Waals surface area contributed by atoms with E-state index in [-0.39, 0.29) is 12.0 Å². The molecule has 1 atom stereocenters. The summed E-state index contributed by atoms with van der Waals surface area (Å²) in [6.45, 7) is 4.08. The molecule has 2 N–H and O–H groups in total. The summed E-state index contributed by atoms with van der Waals surface area (Å²) in [7, 11) is 1.73. The van der Waals surface area contributed by atoms with Gasteiger partial charge >= 0.3 is 0 Å². The van der Waals surface area contributed by atoms with Crippen molar-refractivity contribution in [2.75, 3.05) is 39.8 Å². The molecule has 0 radical (unpaired) electrons. The summed E-state index contributed by atoms with van der Waals surface area (Å²) < 4.78 is 5.35. The van der Waals surface area contributed by atoms with E-state index in [0.717, 1.165) is 51.9 Å². The lowest BCUT2D eigenvalue weighted by molar-refractivity contribution is -0.136. The van der Waals surface area contributed by atoms with Gasteiger partial charge in [-0.15, -0.1) is 0 Å². The van der Waals surface area contributed by atoms with Gasteiger partial charge in [-0.3, -0.25) is 9.69 Å². The summed E-state index contributed by atoms with van der Waals surface area (Å²) in [5, 5.41) is 0. The Balaban J connectivity index is 1.77. The Bertz CT molecular complexity index is 277. The molecule has 1 unspecified atom stereocenters. The van der Waals surface area contributed by atoms with Crippen molar-refractivity contribution in [3.05, 3.63) is 0 Å². The van der Waals surface area contributed by atoms with Crippen LogP contribution in [0.5, 0.6) is 0 Å². The van der Waals surface area contributed by atoms with Gasteiger partial charge in [0.05, 0.1) is 12.6 Å². The van der Waals surface area contributed by atoms with Gasteiger partial charge in [0.25, 0.3) is 0 Å². The van der Waals surface area contributed by atoms with Gasteiger partial charge in [0.15, 0.2) is 0 Å². The van der Waals surface area contributed by atoms with E-state index >= 15 is 0 Å². The van der Waals surface area contributed by atoms with Gasteiger partial charge in [0, 0.05) is 39.3 Å². The number of carbonyl (C=O) groups is 1. The van der Waals surface area contributed by atoms with Gasteiger partial charge in [0.1, 0.15) is 0 Å². The standard InChI is InChI=1S/C13H25N3O2/c1-18-12-3-2-6-16(9-12)13(17)10-15-7-4-11(14)5-8-15/h11-12H,2-10,14H2,1H3. The Morgan fingerprint density at radius 1 is 1.28 bits per heavy atom. The molecule has 5 heteroatoms. The average Bonchev–Trinajstić information content (AvgIpc) is 2.41. The normalized spacial score (nSPS) is 27.4. The maximum Gasteiger partial charge on any atom is 0.236 e. The van der Waals surface area contributed by atoms with Crippen molar-refractivity contribution in [3.8, 4) is 0 Å². The Morgan fingerprint density at radius 2 is 2.00 bits per heavy atom. The second-order valence-corrected chi connectivity index (χ2v) is 5.45. The number of likely N-dealkylation sites (tertiary alicyclic amines) is 2. The summed E-state index contributed by atoms with van der Waals surface area (Å²) in [4.78, 5) is 16.4. The predicted molar refractivity (Wildman–Crippen MR) is 70.3 cm³/mol. The van der Waals surface area contributed by atoms with Crippen LogP contribution in [0.2, 0.25) is 0 Å². The first-order chi connectivity index (χ1) is 8.69. The highest BCUT2D eigenvalue weighted by atomic mass is 16.5. The Morgan fingerprint density at radius 3 is 2.67 bits per heavy atom. The van der Waals surface area contributed by atoms with Crippen molar-refractivity contribution in [2.24, 2.45) is 5.73 Å². The molecule has 2 saturated heterocycles. The fraction of sp³-hybridized carbons (Fsp3) is 0.923. The van der Waals surface area contributed by atoms with Crippen LogP contribution in [0.3, 0.4) is 0 Å². The maximum absolute atomic E-state index is 12.2. The Hall–Kier alpha value is -0.650. The maximum atomic E-state index is 12.2. The number of nitrogens with two attached hydrogens (primary N) is 1. The van der Waals surface area contributed by atoms with Crippen molar-refractivity contribution in [1.82, 2.24) is 9.80 Å². The molecule has 2 aliphatic heterocycles. The fourth-order valence-electron chi connectivity index (χ4n) is 2.76. The van der Waals surface area contributed by atoms with Crippen LogP contribution in [-0.2, 0) is 9.53 Å². The Labute approximate surface area is 109 Å². The number of piperidine rings is 2. The van der Waals surface area contributed by atoms with Crippen LogP contribution in [0.25, 0.3) is 0 Å². The molecule has 2 fully saturated rings. The minimum absolute atomic E-state index is 0.220. The smallest absolute Gasteiger partial charge is 0.236 e. The van der Waals surface area contributed by atoms with E-state index in [2.05, 4.69) is 4.90 Å². The molecule has 1 amide bonds. The van der Waals surface area contributed by atoms with E-state index in [4.69, 9.17) is 10.5 Å². The van der Waals surface area contributed by atoms with E-state index in [1.54, 1.807) is 7.11 Å². The topological polar surface area (TPSA) is 58.8 Å². The van der Waals surface area contributed by atoms with Crippen molar-refractivity contribution in [1.29, 1.82) is 0 Å². The Kier molecular flexibility index (Phi) is 4.97. The van der Waals surface area contributed by atoms with E-state index in [1.807, 2.05) is 4.90 Å². The number of hydrogen-bond acceptors (Lipinski definition) is 4. The molecule has 0 aromatic rings. The number of ether oxygens (including phenoxy) is 1. The average molecular weight is 255 g/mol. The molecule has 0 aromatic heterocycles. The lowest BCUT2D eigenvalue weighted by atomic mass is 10.1. The minimum Gasteiger partial charge on any atom is -0.380 e. The fourth-order valence-corrected chi connectivity index (χ4v) is 2.76. The van der Waals surface area contributed by atoms with E-state index in [0.29, 0.717) is 12.6 Å². The van der Waals surface area contributed by atoms with Crippen LogP contribution in [0, 0.1) is 0 Å². The molecule has 0 saturated carbocycles. The molecule has 0 spiro atoms. The molecule has 104 valence electrons. The summed E-state index contributed by atoms with van der Waals surface area (Å²) in [5.74, 6) is 0.243. The highest BCUT2D eigenvalue weighted by molar-refractivity contribution is 5.78. The molecule has 2 aliphatic rings. The second kappa shape index (κ2) is 6.50. The molecule has 5 nitrogen and oxygen atoms in total. The van der Waals surface area contributed by atoms with Crippen LogP contribution in [0.15, 0.2) is 0 Å². The predicted octanol–water partition coefficient (Wildman–Crippen LogP) is 0.0469. The van der Waals surface area contributed by atoms with Crippen molar-refractivity contribution >= 4 is 5.91 Å². The van der Waals surface area contributed by atoms with Gasteiger partial charge in [-0.1, -0.05) is 0 Å². The summed E-state index contributed by atoms with van der Waals surface area (Å²) >= 11 is 0. The van der Waals surface area contributed by atoms with Gasteiger partial charge < -0.3 is 15.4 Å². The quantitative estimate of drug-likeness (QED) is 0.774. The molecule has 2 rings (SSSR count). The van der Waals surface area contributed by atoms with Crippen LogP contribution in [-0.4, -0.2) is 67.7 Å². The van der Waals surface area contributed by atoms with E-state index < -0.39 is 0 Å². The zero-order chi connectivity index (χ0) is 13.0. The first-order valence-corrected chi connectivity index (χ1v) is 6.97. The lowest BCUT2D eigenvalue weighted by Crippen LogP contribution is -2.49. The highest BCUT2D eigenvalue weighted by Gasteiger charge is 2.25. The monoisotopic (exact) mass is 255 g/mol. The van der Waals surface area contributed by atoms with Crippen molar-refractivity contribution < 1.29 is 9.53 Å². The number of rotatable bonds is 3. The third-order valence-electron chi connectivity index (χ3n) is 4.06. The zero-order valence-corrected chi connectivity index (χ0v) is 11.3. The van der Waals surface area contributed by atoms with Gasteiger partial charge in [0.2, 0.25) is 5.91 Å². The van der Waals surface area contributed by atoms with Crippen molar-refractivity contribution in [3.63, 3.8) is 0 Å². The molecular formula is C13H25N3O2. The molecule has 0 bridgehead atoms. The molecule has 18 heavy (non-hydrogen) atoms. The number of methoxy groups -OCH3 is 1. The van der Waals surface area contributed by atoms with Crippen LogP contribution in [0.4, 0.5) is 0 Å². The summed E-state index contributed by atoms with van der Waals surface area (Å²) in [6, 6.07) is 0.323. The first kappa shape index (κ1) is 13.8. The van der Waals surface area contributed by atoms with Gasteiger partial charge in [-0.2, -0.15) is 0 Å². The van der Waals surface area contributed by atoms with Gasteiger partial charge in [-0.25, -0.2) is 0 Å². The lowest BCUT2D eigenvalue weighted by Gasteiger charge is -2.35. The minimum atomic E-state index is 0.220. The first-order valence-electron chi connectivity index (χ1n) is 6.97. The third-order valence-corrected chi connectivity index (χ3v) is 4.06. The molecular weight excluding hydrogens is 230 g/mol. The molecule has 0 aromatic carbocycles. The SMILES string of the molecule is COC1CCCN(C(=O)CN2CCC(N)CC2)C1. The highest BCUT2D eigenvalue weighted by Crippen LogP contribution is 2.14. The second-order valence-electron chi connectivity index (χ2n) is 5.45. The number of hydrogen-bond donors (Lipinski definition) is 1. The van der Waals surface area contributed by atoms with Crippen LogP contribution < -0.4 is 5.73 Å². The van der Waals surface area contributed by atoms with Gasteiger partial charge in [-0.05, 0) is 25.7 Å². The summed E-state index contributed by atoms with van der Waals surface area (Å²) in [5.41, 5.74) is 5.87. The van der Waals surface area contributed by atoms with Crippen molar-refractivity contribution in [2.45, 2.75) is 37.8 Å². The zero-order valence-electron chi connectivity index (χ0n) is 11.3. The number of amides is 1.